The summed E-state index contributed by atoms with van der Waals surface area (Å²) >= 11 is 3.30. The molecule has 0 unspecified atom stereocenters. The van der Waals surface area contributed by atoms with E-state index in [4.69, 9.17) is 8.83 Å². The first kappa shape index (κ1) is 12.4. The normalized spacial score (nSPS) is 10.6. The highest BCUT2D eigenvalue weighted by atomic mass is 127. The summed E-state index contributed by atoms with van der Waals surface area (Å²) in [5.74, 6) is 0.492. The summed E-state index contributed by atoms with van der Waals surface area (Å²) in [5.41, 5.74) is 0. The maximum Gasteiger partial charge on any atom is 0.293 e. The lowest BCUT2D eigenvalue weighted by molar-refractivity contribution is 0.0996. The van der Waals surface area contributed by atoms with E-state index in [0.29, 0.717) is 15.9 Å². The highest BCUT2D eigenvalue weighted by molar-refractivity contribution is 14.1. The summed E-state index contributed by atoms with van der Waals surface area (Å²) in [6.07, 6.45) is 1.44. The maximum absolute atomic E-state index is 11.7. The van der Waals surface area contributed by atoms with Crippen molar-refractivity contribution in [3.8, 4) is 10.8 Å². The van der Waals surface area contributed by atoms with E-state index in [9.17, 15) is 4.79 Å². The number of carbonyl (C=O) groups is 1. The first-order valence-corrected chi connectivity index (χ1v) is 7.06. The summed E-state index contributed by atoms with van der Waals surface area (Å²) in [5, 5.41) is 11.5. The van der Waals surface area contributed by atoms with Crippen LogP contribution >= 0.6 is 33.9 Å². The Hall–Kier alpha value is -1.68. The molecule has 0 aliphatic rings. The number of amides is 1. The quantitative estimate of drug-likeness (QED) is 0.698. The Morgan fingerprint density at radius 1 is 1.32 bits per heavy atom. The van der Waals surface area contributed by atoms with Crippen molar-refractivity contribution in [2.24, 2.45) is 0 Å². The lowest BCUT2D eigenvalue weighted by Crippen LogP contribution is -2.10. The fourth-order valence-electron chi connectivity index (χ4n) is 1.37. The predicted octanol–water partition coefficient (Wildman–Crippen LogP) is 3.25. The number of nitrogens with one attached hydrogen (secondary N) is 1. The molecule has 0 atom stereocenters. The summed E-state index contributed by atoms with van der Waals surface area (Å²) in [7, 11) is 0. The van der Waals surface area contributed by atoms with Crippen LogP contribution in [0.1, 0.15) is 10.6 Å². The Morgan fingerprint density at radius 2 is 2.21 bits per heavy atom. The van der Waals surface area contributed by atoms with Crippen molar-refractivity contribution in [1.29, 1.82) is 0 Å². The van der Waals surface area contributed by atoms with Gasteiger partial charge in [0.15, 0.2) is 20.3 Å². The van der Waals surface area contributed by atoms with Gasteiger partial charge in [0.25, 0.3) is 5.91 Å². The monoisotopic (exact) mass is 387 g/mol. The van der Waals surface area contributed by atoms with Crippen LogP contribution in [0.15, 0.2) is 39.4 Å². The average Bonchev–Trinajstić information content (AvgIpc) is 3.07. The summed E-state index contributed by atoms with van der Waals surface area (Å²) in [4.78, 5) is 11.7. The number of hydrogen-bond acceptors (Lipinski definition) is 6. The average molecular weight is 387 g/mol. The third-order valence-corrected chi connectivity index (χ3v) is 3.61. The fourth-order valence-corrected chi connectivity index (χ4v) is 2.49. The lowest BCUT2D eigenvalue weighted by Gasteiger charge is -1.95. The van der Waals surface area contributed by atoms with Crippen LogP contribution < -0.4 is 5.32 Å². The molecule has 0 aliphatic carbocycles. The van der Waals surface area contributed by atoms with Gasteiger partial charge >= 0.3 is 0 Å². The zero-order valence-electron chi connectivity index (χ0n) is 9.29. The second kappa shape index (κ2) is 5.13. The predicted molar refractivity (Wildman–Crippen MR) is 77.0 cm³/mol. The van der Waals surface area contributed by atoms with Gasteiger partial charge in [0, 0.05) is 0 Å². The molecule has 0 radical (unpaired) electrons. The Kier molecular flexibility index (Phi) is 3.34. The van der Waals surface area contributed by atoms with Crippen LogP contribution in [0, 0.1) is 3.77 Å². The van der Waals surface area contributed by atoms with Gasteiger partial charge < -0.3 is 8.83 Å². The molecule has 0 fully saturated rings. The van der Waals surface area contributed by atoms with Gasteiger partial charge in [0.05, 0.1) is 6.26 Å². The molecule has 1 amide bonds. The van der Waals surface area contributed by atoms with Gasteiger partial charge in [-0.1, -0.05) is 11.3 Å². The zero-order chi connectivity index (χ0) is 13.2. The van der Waals surface area contributed by atoms with Crippen LogP contribution in [-0.4, -0.2) is 16.1 Å². The Balaban J connectivity index is 1.77. The van der Waals surface area contributed by atoms with Gasteiger partial charge in [-0.3, -0.25) is 10.1 Å². The summed E-state index contributed by atoms with van der Waals surface area (Å²) in [6.45, 7) is 0. The van der Waals surface area contributed by atoms with E-state index >= 15 is 0 Å². The summed E-state index contributed by atoms with van der Waals surface area (Å²) in [6, 6.07) is 6.86. The minimum Gasteiger partial charge on any atom is -0.459 e. The van der Waals surface area contributed by atoms with Crippen molar-refractivity contribution < 1.29 is 13.6 Å². The molecule has 0 aromatic carbocycles. The van der Waals surface area contributed by atoms with E-state index < -0.39 is 0 Å². The highest BCUT2D eigenvalue weighted by Crippen LogP contribution is 2.28. The van der Waals surface area contributed by atoms with Crippen LogP contribution in [0.4, 0.5) is 5.13 Å². The smallest absolute Gasteiger partial charge is 0.293 e. The van der Waals surface area contributed by atoms with Crippen molar-refractivity contribution in [3.63, 3.8) is 0 Å². The number of furan rings is 2. The van der Waals surface area contributed by atoms with Crippen LogP contribution in [0.3, 0.4) is 0 Å². The van der Waals surface area contributed by atoms with Crippen LogP contribution in [-0.2, 0) is 0 Å². The Labute approximate surface area is 125 Å². The van der Waals surface area contributed by atoms with E-state index in [1.165, 1.54) is 17.6 Å². The van der Waals surface area contributed by atoms with E-state index in [-0.39, 0.29) is 11.7 Å². The molecular weight excluding hydrogens is 381 g/mol. The number of nitrogens with zero attached hydrogens (tertiary/aromatic N) is 2. The van der Waals surface area contributed by atoms with Gasteiger partial charge in [0.2, 0.25) is 5.13 Å². The van der Waals surface area contributed by atoms with Crippen molar-refractivity contribution in [2.45, 2.75) is 0 Å². The SMILES string of the molecule is O=C(Nc1nnc(-c2ccc(I)o2)s1)c1ccco1. The number of rotatable bonds is 3. The first-order chi connectivity index (χ1) is 9.22. The van der Waals surface area contributed by atoms with Crippen molar-refractivity contribution in [2.75, 3.05) is 5.32 Å². The number of anilines is 1. The molecule has 6 nitrogen and oxygen atoms in total. The molecule has 3 rings (SSSR count). The van der Waals surface area contributed by atoms with Crippen molar-refractivity contribution >= 4 is 45.0 Å². The van der Waals surface area contributed by atoms with Crippen LogP contribution in [0.5, 0.6) is 0 Å². The van der Waals surface area contributed by atoms with Crippen LogP contribution in [0.2, 0.25) is 0 Å². The Bertz CT molecular complexity index is 704. The maximum atomic E-state index is 11.7. The molecule has 0 bridgehead atoms. The Morgan fingerprint density at radius 3 is 2.89 bits per heavy atom. The topological polar surface area (TPSA) is 81.2 Å². The molecule has 0 saturated heterocycles. The van der Waals surface area contributed by atoms with Crippen molar-refractivity contribution in [3.05, 3.63) is 40.1 Å². The number of halogens is 1. The van der Waals surface area contributed by atoms with E-state index in [1.54, 1.807) is 18.2 Å². The summed E-state index contributed by atoms with van der Waals surface area (Å²) < 4.78 is 11.2. The molecule has 3 heterocycles. The molecular formula is C11H6IN3O3S. The van der Waals surface area contributed by atoms with Gasteiger partial charge in [-0.25, -0.2) is 0 Å². The molecule has 96 valence electrons. The fraction of sp³-hybridized carbons (Fsp3) is 0. The second-order valence-electron chi connectivity index (χ2n) is 3.45. The van der Waals surface area contributed by atoms with Gasteiger partial charge in [0.1, 0.15) is 0 Å². The minimum absolute atomic E-state index is 0.226. The molecule has 1 N–H and O–H groups in total. The second-order valence-corrected chi connectivity index (χ2v) is 5.49. The van der Waals surface area contributed by atoms with E-state index in [2.05, 4.69) is 38.1 Å². The third kappa shape index (κ3) is 2.68. The van der Waals surface area contributed by atoms with Crippen molar-refractivity contribution in [1.82, 2.24) is 10.2 Å². The third-order valence-electron chi connectivity index (χ3n) is 2.17. The first-order valence-electron chi connectivity index (χ1n) is 5.16. The molecule has 0 saturated carbocycles. The van der Waals surface area contributed by atoms with Gasteiger partial charge in [-0.05, 0) is 46.9 Å². The molecule has 3 aromatic heterocycles. The molecule has 3 aromatic rings. The minimum atomic E-state index is -0.360. The number of carbonyl (C=O) groups excluding carboxylic acids is 1. The van der Waals surface area contributed by atoms with Gasteiger partial charge in [-0.2, -0.15) is 0 Å². The molecule has 8 heteroatoms. The zero-order valence-corrected chi connectivity index (χ0v) is 12.3. The standard InChI is InChI=1S/C11H6IN3O3S/c12-8-4-3-7(18-8)10-14-15-11(19-10)13-9(16)6-2-1-5-17-6/h1-5H,(H,13,15,16). The van der Waals surface area contributed by atoms with E-state index in [0.717, 1.165) is 3.77 Å². The largest absolute Gasteiger partial charge is 0.459 e. The molecule has 19 heavy (non-hydrogen) atoms. The lowest BCUT2D eigenvalue weighted by atomic mass is 10.4. The van der Waals surface area contributed by atoms with E-state index in [1.807, 2.05) is 6.07 Å². The van der Waals surface area contributed by atoms with Gasteiger partial charge in [-0.15, -0.1) is 10.2 Å². The molecule has 0 aliphatic heterocycles. The number of aromatic nitrogens is 2. The molecule has 0 spiro atoms. The number of hydrogen-bond donors (Lipinski definition) is 1. The van der Waals surface area contributed by atoms with Crippen LogP contribution in [0.25, 0.3) is 10.8 Å². The highest BCUT2D eigenvalue weighted by Gasteiger charge is 2.14.